The molecule has 7 heteroatoms. The molecule has 5 nitrogen and oxygen atoms in total. The van der Waals surface area contributed by atoms with Crippen LogP contribution in [0, 0.1) is 13.8 Å². The maximum Gasteiger partial charge on any atom is 0.258 e. The maximum absolute atomic E-state index is 11.9. The lowest BCUT2D eigenvalue weighted by atomic mass is 10.2. The van der Waals surface area contributed by atoms with Crippen LogP contribution in [-0.2, 0) is 0 Å². The molecule has 2 heterocycles. The summed E-state index contributed by atoms with van der Waals surface area (Å²) >= 11 is 11.4. The number of hydrogen-bond donors (Lipinski definition) is 1. The predicted octanol–water partition coefficient (Wildman–Crippen LogP) is 3.25. The molecule has 0 aliphatic heterocycles. The first kappa shape index (κ1) is 12.9. The number of hydrogen-bond acceptors (Lipinski definition) is 4. The topological polar surface area (TPSA) is 68.0 Å². The van der Waals surface area contributed by atoms with Gasteiger partial charge in [-0.2, -0.15) is 0 Å². The maximum atomic E-state index is 11.9. The van der Waals surface area contributed by atoms with Crippen molar-refractivity contribution in [2.24, 2.45) is 0 Å². The Morgan fingerprint density at radius 2 is 1.89 bits per heavy atom. The third-order valence-corrected chi connectivity index (χ3v) is 2.80. The average Bonchev–Trinajstić information content (AvgIpc) is 2.59. The van der Waals surface area contributed by atoms with E-state index < -0.39 is 0 Å². The minimum atomic E-state index is -0.388. The Labute approximate surface area is 113 Å². The number of aromatic nitrogens is 2. The van der Waals surface area contributed by atoms with Crippen molar-refractivity contribution in [1.29, 1.82) is 0 Å². The number of amides is 1. The summed E-state index contributed by atoms with van der Waals surface area (Å²) in [5.74, 6) is -0.0815. The smallest absolute Gasteiger partial charge is 0.258 e. The molecule has 0 spiro atoms. The summed E-state index contributed by atoms with van der Waals surface area (Å²) in [4.78, 5) is 15.7. The highest BCUT2D eigenvalue weighted by Crippen LogP contribution is 2.20. The molecule has 2 aromatic rings. The molecule has 0 bridgehead atoms. The zero-order valence-corrected chi connectivity index (χ0v) is 11.1. The van der Waals surface area contributed by atoms with Crippen molar-refractivity contribution in [3.05, 3.63) is 39.3 Å². The number of anilines is 1. The van der Waals surface area contributed by atoms with E-state index in [1.54, 1.807) is 13.8 Å². The van der Waals surface area contributed by atoms with Crippen LogP contribution in [0.3, 0.4) is 0 Å². The van der Waals surface area contributed by atoms with Crippen LogP contribution < -0.4 is 5.32 Å². The Morgan fingerprint density at radius 3 is 2.39 bits per heavy atom. The molecular formula is C11H9Cl2N3O2. The number of halogens is 2. The van der Waals surface area contributed by atoms with Gasteiger partial charge in [0.05, 0.1) is 5.69 Å². The molecule has 1 N–H and O–H groups in total. The molecular weight excluding hydrogens is 277 g/mol. The molecule has 0 atom stereocenters. The van der Waals surface area contributed by atoms with E-state index in [-0.39, 0.29) is 16.2 Å². The molecule has 1 amide bonds. The van der Waals surface area contributed by atoms with Crippen LogP contribution in [0.2, 0.25) is 10.3 Å². The van der Waals surface area contributed by atoms with E-state index in [1.165, 1.54) is 12.1 Å². The Hall–Kier alpha value is -1.59. The number of nitrogens with zero attached hydrogens (tertiary/aromatic N) is 2. The predicted molar refractivity (Wildman–Crippen MR) is 68.2 cm³/mol. The van der Waals surface area contributed by atoms with Gasteiger partial charge in [-0.25, -0.2) is 4.98 Å². The largest absolute Gasteiger partial charge is 0.338 e. The first-order valence-electron chi connectivity index (χ1n) is 5.04. The molecule has 0 fully saturated rings. The van der Waals surface area contributed by atoms with Gasteiger partial charge in [-0.1, -0.05) is 28.4 Å². The van der Waals surface area contributed by atoms with Crippen molar-refractivity contribution in [3.63, 3.8) is 0 Å². The van der Waals surface area contributed by atoms with Crippen LogP contribution in [0.25, 0.3) is 0 Å². The van der Waals surface area contributed by atoms with E-state index in [9.17, 15) is 4.79 Å². The molecule has 2 rings (SSSR count). The molecule has 18 heavy (non-hydrogen) atoms. The fraction of sp³-hybridized carbons (Fsp3) is 0.182. The summed E-state index contributed by atoms with van der Waals surface area (Å²) < 4.78 is 4.98. The van der Waals surface area contributed by atoms with Crippen LogP contribution in [-0.4, -0.2) is 16.0 Å². The van der Waals surface area contributed by atoms with Crippen molar-refractivity contribution in [1.82, 2.24) is 10.1 Å². The lowest BCUT2D eigenvalue weighted by molar-refractivity contribution is 0.102. The van der Waals surface area contributed by atoms with E-state index in [0.29, 0.717) is 11.4 Å². The van der Waals surface area contributed by atoms with Gasteiger partial charge in [-0.05, 0) is 26.0 Å². The molecule has 2 aromatic heterocycles. The SMILES string of the molecule is Cc1noc(NC(=O)c2cc(Cl)nc(Cl)c2)c1C. The van der Waals surface area contributed by atoms with E-state index >= 15 is 0 Å². The molecule has 0 unspecified atom stereocenters. The van der Waals surface area contributed by atoms with Gasteiger partial charge in [0, 0.05) is 11.1 Å². The van der Waals surface area contributed by atoms with Crippen molar-refractivity contribution < 1.29 is 9.32 Å². The number of pyridine rings is 1. The van der Waals surface area contributed by atoms with Gasteiger partial charge < -0.3 is 4.52 Å². The zero-order valence-electron chi connectivity index (χ0n) is 9.62. The van der Waals surface area contributed by atoms with Crippen LogP contribution in [0.1, 0.15) is 21.6 Å². The van der Waals surface area contributed by atoms with E-state index in [2.05, 4.69) is 15.5 Å². The number of carbonyl (C=O) groups is 1. The van der Waals surface area contributed by atoms with Crippen molar-refractivity contribution in [2.45, 2.75) is 13.8 Å². The third-order valence-electron chi connectivity index (χ3n) is 2.41. The molecule has 0 radical (unpaired) electrons. The summed E-state index contributed by atoms with van der Waals surface area (Å²) in [6, 6.07) is 2.84. The van der Waals surface area contributed by atoms with E-state index in [0.717, 1.165) is 11.3 Å². The van der Waals surface area contributed by atoms with Crippen molar-refractivity contribution in [2.75, 3.05) is 5.32 Å². The van der Waals surface area contributed by atoms with Gasteiger partial charge in [-0.15, -0.1) is 0 Å². The van der Waals surface area contributed by atoms with E-state index in [1.807, 2.05) is 0 Å². The summed E-state index contributed by atoms with van der Waals surface area (Å²) in [6.07, 6.45) is 0. The zero-order chi connectivity index (χ0) is 13.3. The molecule has 0 aromatic carbocycles. The van der Waals surface area contributed by atoms with Crippen LogP contribution in [0.15, 0.2) is 16.7 Å². The third kappa shape index (κ3) is 2.63. The second-order valence-corrected chi connectivity index (χ2v) is 4.45. The Balaban J connectivity index is 2.24. The van der Waals surface area contributed by atoms with Gasteiger partial charge in [-0.3, -0.25) is 10.1 Å². The number of rotatable bonds is 2. The Morgan fingerprint density at radius 1 is 1.28 bits per heavy atom. The highest BCUT2D eigenvalue weighted by Gasteiger charge is 2.14. The molecule has 0 saturated carbocycles. The van der Waals surface area contributed by atoms with Crippen molar-refractivity contribution >= 4 is 35.0 Å². The highest BCUT2D eigenvalue weighted by molar-refractivity contribution is 6.33. The summed E-state index contributed by atoms with van der Waals surface area (Å²) in [5.41, 5.74) is 1.79. The number of nitrogens with one attached hydrogen (secondary N) is 1. The van der Waals surface area contributed by atoms with Crippen molar-refractivity contribution in [3.8, 4) is 0 Å². The quantitative estimate of drug-likeness (QED) is 0.860. The monoisotopic (exact) mass is 285 g/mol. The van der Waals surface area contributed by atoms with Crippen LogP contribution in [0.4, 0.5) is 5.88 Å². The lowest BCUT2D eigenvalue weighted by Crippen LogP contribution is -2.12. The highest BCUT2D eigenvalue weighted by atomic mass is 35.5. The Bertz CT molecular complexity index is 590. The first-order valence-corrected chi connectivity index (χ1v) is 5.80. The van der Waals surface area contributed by atoms with E-state index in [4.69, 9.17) is 27.7 Å². The number of carbonyl (C=O) groups excluding carboxylic acids is 1. The second-order valence-electron chi connectivity index (χ2n) is 3.68. The summed E-state index contributed by atoms with van der Waals surface area (Å²) in [6.45, 7) is 3.59. The van der Waals surface area contributed by atoms with Crippen LogP contribution in [0.5, 0.6) is 0 Å². The molecule has 0 saturated heterocycles. The Kier molecular flexibility index (Phi) is 3.54. The summed E-state index contributed by atoms with van der Waals surface area (Å²) in [5, 5.41) is 6.63. The minimum absolute atomic E-state index is 0.151. The van der Waals surface area contributed by atoms with Gasteiger partial charge in [0.1, 0.15) is 10.3 Å². The second kappa shape index (κ2) is 4.96. The lowest BCUT2D eigenvalue weighted by Gasteiger charge is -2.03. The molecule has 0 aliphatic rings. The average molecular weight is 286 g/mol. The fourth-order valence-corrected chi connectivity index (χ4v) is 1.76. The minimum Gasteiger partial charge on any atom is -0.338 e. The summed E-state index contributed by atoms with van der Waals surface area (Å²) in [7, 11) is 0. The van der Waals surface area contributed by atoms with Gasteiger partial charge in [0.15, 0.2) is 0 Å². The van der Waals surface area contributed by atoms with Gasteiger partial charge in [0.25, 0.3) is 5.91 Å². The first-order chi connectivity index (χ1) is 8.47. The van der Waals surface area contributed by atoms with Crippen LogP contribution >= 0.6 is 23.2 Å². The normalized spacial score (nSPS) is 10.4. The standard InChI is InChI=1S/C11H9Cl2N3O2/c1-5-6(2)16-18-11(5)15-10(17)7-3-8(12)14-9(13)4-7/h3-4H,1-2H3,(H,15,17). The fourth-order valence-electron chi connectivity index (χ4n) is 1.30. The molecule has 0 aliphatic carbocycles. The van der Waals surface area contributed by atoms with Gasteiger partial charge >= 0.3 is 0 Å². The van der Waals surface area contributed by atoms with Gasteiger partial charge in [0.2, 0.25) is 5.88 Å². The molecule has 94 valence electrons. The number of aryl methyl sites for hydroxylation is 1.